The highest BCUT2D eigenvalue weighted by Crippen LogP contribution is 2.35. The highest BCUT2D eigenvalue weighted by atomic mass is 19.3. The van der Waals surface area contributed by atoms with Crippen LogP contribution < -0.4 is 18.9 Å². The summed E-state index contributed by atoms with van der Waals surface area (Å²) >= 11 is 0. The molecule has 0 spiro atoms. The summed E-state index contributed by atoms with van der Waals surface area (Å²) in [5.74, 6) is -9.48. The van der Waals surface area contributed by atoms with Crippen molar-refractivity contribution in [2.24, 2.45) is 0 Å². The quantitative estimate of drug-likeness (QED) is 0.0672. The molecule has 4 aromatic carbocycles. The Hall–Kier alpha value is -4.48. The van der Waals surface area contributed by atoms with E-state index in [2.05, 4.69) is 0 Å². The number of halogens is 8. The van der Waals surface area contributed by atoms with Gasteiger partial charge in [-0.1, -0.05) is 0 Å². The van der Waals surface area contributed by atoms with Crippen LogP contribution in [-0.4, -0.2) is 32.4 Å². The molecule has 51 heavy (non-hydrogen) atoms. The van der Waals surface area contributed by atoms with Gasteiger partial charge in [0.25, 0.3) is 0 Å². The van der Waals surface area contributed by atoms with Crippen molar-refractivity contribution in [2.75, 3.05) is 26.4 Å². The van der Waals surface area contributed by atoms with Gasteiger partial charge in [-0.3, -0.25) is 0 Å². The summed E-state index contributed by atoms with van der Waals surface area (Å²) in [6.45, 7) is 3.88. The summed E-state index contributed by atoms with van der Waals surface area (Å²) in [7, 11) is 0. The summed E-state index contributed by atoms with van der Waals surface area (Å²) in [6, 6.07) is 12.5. The van der Waals surface area contributed by atoms with Crippen LogP contribution in [0, 0.1) is 34.9 Å². The van der Waals surface area contributed by atoms with Crippen LogP contribution in [0.5, 0.6) is 23.0 Å². The molecule has 0 saturated carbocycles. The van der Waals surface area contributed by atoms with Gasteiger partial charge in [-0.25, -0.2) is 26.3 Å². The SMILES string of the molecule is CCOc1ccc(-c2ccc(OCCCCCC(F)(F)CCCCCOc3ccc(-c4ccc(OCC)c(F)c4F)c(F)c3)cc2F)c(F)c1F. The lowest BCUT2D eigenvalue weighted by molar-refractivity contribution is -0.0209. The molecule has 0 bridgehead atoms. The largest absolute Gasteiger partial charge is 0.493 e. The summed E-state index contributed by atoms with van der Waals surface area (Å²) in [4.78, 5) is 0. The highest BCUT2D eigenvalue weighted by Gasteiger charge is 2.27. The van der Waals surface area contributed by atoms with Crippen LogP contribution >= 0.6 is 0 Å². The van der Waals surface area contributed by atoms with Gasteiger partial charge in [0, 0.05) is 47.2 Å². The number of alkyl halides is 2. The predicted molar refractivity (Wildman–Crippen MR) is 179 cm³/mol. The first kappa shape index (κ1) is 39.3. The number of unbranched alkanes of at least 4 members (excludes halogenated alkanes) is 4. The van der Waals surface area contributed by atoms with E-state index in [9.17, 15) is 35.1 Å². The van der Waals surface area contributed by atoms with Crippen LogP contribution in [0.1, 0.15) is 65.2 Å². The molecule has 0 aliphatic heterocycles. The third-order valence-electron chi connectivity index (χ3n) is 8.07. The average Bonchev–Trinajstić information content (AvgIpc) is 3.09. The molecule has 0 aliphatic carbocycles. The summed E-state index contributed by atoms with van der Waals surface area (Å²) in [6.07, 6.45) is 1.82. The van der Waals surface area contributed by atoms with E-state index in [1.807, 2.05) is 0 Å². The predicted octanol–water partition coefficient (Wildman–Crippen LogP) is 11.9. The van der Waals surface area contributed by atoms with Crippen molar-refractivity contribution in [3.63, 3.8) is 0 Å². The van der Waals surface area contributed by atoms with Crippen LogP contribution in [-0.2, 0) is 0 Å². The number of benzene rings is 4. The van der Waals surface area contributed by atoms with E-state index in [4.69, 9.17) is 18.9 Å². The third-order valence-corrected chi connectivity index (χ3v) is 8.07. The second kappa shape index (κ2) is 18.7. The molecular weight excluding hydrogens is 684 g/mol. The first-order valence-electron chi connectivity index (χ1n) is 16.9. The number of ether oxygens (including phenoxy) is 4. The van der Waals surface area contributed by atoms with Crippen molar-refractivity contribution in [1.29, 1.82) is 0 Å². The smallest absolute Gasteiger partial charge is 0.248 e. The molecule has 276 valence electrons. The molecule has 0 atom stereocenters. The Bertz CT molecular complexity index is 1620. The summed E-state index contributed by atoms with van der Waals surface area (Å²) in [5.41, 5.74) is -0.796. The lowest BCUT2D eigenvalue weighted by Gasteiger charge is -2.16. The van der Waals surface area contributed by atoms with Gasteiger partial charge in [-0.15, -0.1) is 0 Å². The Morgan fingerprint density at radius 2 is 0.843 bits per heavy atom. The van der Waals surface area contributed by atoms with E-state index in [1.54, 1.807) is 13.8 Å². The zero-order valence-corrected chi connectivity index (χ0v) is 28.4. The monoisotopic (exact) mass is 724 g/mol. The maximum absolute atomic E-state index is 14.7. The molecule has 0 saturated heterocycles. The third kappa shape index (κ3) is 10.8. The second-order valence-corrected chi connectivity index (χ2v) is 11.8. The van der Waals surface area contributed by atoms with E-state index < -0.39 is 40.8 Å². The molecule has 0 aromatic heterocycles. The Morgan fingerprint density at radius 3 is 1.22 bits per heavy atom. The zero-order valence-electron chi connectivity index (χ0n) is 28.4. The maximum Gasteiger partial charge on any atom is 0.248 e. The summed E-state index contributed by atoms with van der Waals surface area (Å²) < 4.78 is 137. The molecule has 0 radical (unpaired) electrons. The van der Waals surface area contributed by atoms with Gasteiger partial charge < -0.3 is 18.9 Å². The minimum Gasteiger partial charge on any atom is -0.493 e. The number of rotatable bonds is 20. The number of hydrogen-bond acceptors (Lipinski definition) is 4. The van der Waals surface area contributed by atoms with Crippen molar-refractivity contribution < 1.29 is 54.1 Å². The molecule has 0 fully saturated rings. The number of hydrogen-bond donors (Lipinski definition) is 0. The van der Waals surface area contributed by atoms with E-state index in [1.165, 1.54) is 48.5 Å². The lowest BCUT2D eigenvalue weighted by atomic mass is 10.0. The van der Waals surface area contributed by atoms with Crippen molar-refractivity contribution in [2.45, 2.75) is 71.1 Å². The maximum atomic E-state index is 14.7. The fourth-order valence-corrected chi connectivity index (χ4v) is 5.45. The average molecular weight is 725 g/mol. The van der Waals surface area contributed by atoms with Gasteiger partial charge in [-0.2, -0.15) is 8.78 Å². The second-order valence-electron chi connectivity index (χ2n) is 11.8. The zero-order chi connectivity index (χ0) is 37.0. The standard InChI is InChI=1S/C39H40F8O4/c1-3-48-33-17-15-29(35(42)37(33)44)27-13-11-25(23-31(27)40)50-21-9-5-7-19-39(46,47)20-8-6-10-22-51-26-12-14-28(32(41)24-26)30-16-18-34(49-4-2)38(45)36(30)43/h11-18,23-24H,3-10,19-22H2,1-2H3. The molecule has 4 rings (SSSR count). The van der Waals surface area contributed by atoms with Gasteiger partial charge in [0.05, 0.1) is 26.4 Å². The molecule has 0 aliphatic rings. The molecule has 12 heteroatoms. The minimum absolute atomic E-state index is 0.142. The van der Waals surface area contributed by atoms with Gasteiger partial charge in [-0.05, 0) is 101 Å². The van der Waals surface area contributed by atoms with E-state index in [-0.39, 0.29) is 97.4 Å². The van der Waals surface area contributed by atoms with Crippen LogP contribution in [0.15, 0.2) is 60.7 Å². The van der Waals surface area contributed by atoms with Crippen molar-refractivity contribution >= 4 is 0 Å². The Balaban J connectivity index is 1.10. The first-order chi connectivity index (χ1) is 24.5. The van der Waals surface area contributed by atoms with Crippen molar-refractivity contribution in [1.82, 2.24) is 0 Å². The van der Waals surface area contributed by atoms with Gasteiger partial charge in [0.1, 0.15) is 23.1 Å². The Morgan fingerprint density at radius 1 is 0.451 bits per heavy atom. The fourth-order valence-electron chi connectivity index (χ4n) is 5.45. The summed E-state index contributed by atoms with van der Waals surface area (Å²) in [5, 5.41) is 0. The Kier molecular flexibility index (Phi) is 14.4. The van der Waals surface area contributed by atoms with Crippen molar-refractivity contribution in [3.8, 4) is 45.3 Å². The Labute approximate surface area is 292 Å². The molecular formula is C39H40F8O4. The van der Waals surface area contributed by atoms with Crippen LogP contribution in [0.3, 0.4) is 0 Å². The molecule has 0 amide bonds. The topological polar surface area (TPSA) is 36.9 Å². The van der Waals surface area contributed by atoms with Crippen LogP contribution in [0.4, 0.5) is 35.1 Å². The molecule has 4 aromatic rings. The molecule has 0 unspecified atom stereocenters. The van der Waals surface area contributed by atoms with E-state index in [0.717, 1.165) is 12.1 Å². The first-order valence-corrected chi connectivity index (χ1v) is 16.9. The lowest BCUT2D eigenvalue weighted by Crippen LogP contribution is -2.15. The van der Waals surface area contributed by atoms with Crippen LogP contribution in [0.25, 0.3) is 22.3 Å². The normalized spacial score (nSPS) is 11.5. The highest BCUT2D eigenvalue weighted by molar-refractivity contribution is 5.68. The van der Waals surface area contributed by atoms with Crippen molar-refractivity contribution in [3.05, 3.63) is 95.6 Å². The van der Waals surface area contributed by atoms with Crippen LogP contribution in [0.2, 0.25) is 0 Å². The van der Waals surface area contributed by atoms with Gasteiger partial charge >= 0.3 is 0 Å². The minimum atomic E-state index is -2.84. The van der Waals surface area contributed by atoms with E-state index >= 15 is 0 Å². The fraction of sp³-hybridized carbons (Fsp3) is 0.385. The van der Waals surface area contributed by atoms with Gasteiger partial charge in [0.15, 0.2) is 23.1 Å². The van der Waals surface area contributed by atoms with E-state index in [0.29, 0.717) is 25.7 Å². The molecule has 4 nitrogen and oxygen atoms in total. The van der Waals surface area contributed by atoms with Gasteiger partial charge in [0.2, 0.25) is 17.6 Å². The molecule has 0 N–H and O–H groups in total. The molecule has 0 heterocycles.